The second kappa shape index (κ2) is 8.92. The number of esters is 1. The van der Waals surface area contributed by atoms with Gasteiger partial charge in [-0.15, -0.1) is 0 Å². The predicted molar refractivity (Wildman–Crippen MR) is 105 cm³/mol. The number of hydrogen-bond acceptors (Lipinski definition) is 6. The Bertz CT molecular complexity index is 525. The summed E-state index contributed by atoms with van der Waals surface area (Å²) in [6.45, 7) is 16.5. The fourth-order valence-electron chi connectivity index (χ4n) is 3.08. The van der Waals surface area contributed by atoms with E-state index < -0.39 is 32.4 Å². The molecule has 1 rings (SSSR count). The molecule has 7 nitrogen and oxygen atoms in total. The van der Waals surface area contributed by atoms with Crippen LogP contribution >= 0.6 is 0 Å². The molecule has 0 N–H and O–H groups in total. The van der Waals surface area contributed by atoms with Crippen molar-refractivity contribution in [2.75, 3.05) is 26.9 Å². The summed E-state index contributed by atoms with van der Waals surface area (Å²) in [4.78, 5) is 26.1. The molecule has 0 aromatic rings. The van der Waals surface area contributed by atoms with E-state index in [1.54, 1.807) is 4.90 Å². The molecule has 1 aliphatic heterocycles. The smallest absolute Gasteiger partial charge is 0.412 e. The molecule has 1 aliphatic rings. The van der Waals surface area contributed by atoms with Gasteiger partial charge in [0.1, 0.15) is 12.2 Å². The van der Waals surface area contributed by atoms with Gasteiger partial charge in [-0.05, 0) is 45.2 Å². The molecular weight excluding hydrogens is 366 g/mol. The number of amides is 1. The van der Waals surface area contributed by atoms with E-state index in [2.05, 4.69) is 25.5 Å². The first-order chi connectivity index (χ1) is 12.2. The van der Waals surface area contributed by atoms with Crippen LogP contribution in [-0.2, 0) is 23.4 Å². The Hall–Kier alpha value is -1.12. The Labute approximate surface area is 165 Å². The standard InChI is InChI=1S/C19H36NO6Si/c1-17(2,3)14-10-19(26-27(8)9,13-24-12-15(21)23-7)20(11-14)16(22)25-18(4,5)6/h14H,10-13H2,1-9H3. The minimum Gasteiger partial charge on any atom is -0.467 e. The lowest BCUT2D eigenvalue weighted by Gasteiger charge is -2.39. The van der Waals surface area contributed by atoms with Gasteiger partial charge in [0.05, 0.1) is 13.7 Å². The summed E-state index contributed by atoms with van der Waals surface area (Å²) in [5.74, 6) is -0.244. The lowest BCUT2D eigenvalue weighted by Crippen LogP contribution is -2.55. The average Bonchev–Trinajstić information content (AvgIpc) is 2.84. The zero-order valence-electron chi connectivity index (χ0n) is 18.3. The summed E-state index contributed by atoms with van der Waals surface area (Å²) in [6.07, 6.45) is 0.214. The van der Waals surface area contributed by atoms with Crippen LogP contribution in [0.5, 0.6) is 0 Å². The molecule has 2 unspecified atom stereocenters. The van der Waals surface area contributed by atoms with Gasteiger partial charge in [0, 0.05) is 13.0 Å². The third-order valence-electron chi connectivity index (χ3n) is 4.47. The molecule has 27 heavy (non-hydrogen) atoms. The lowest BCUT2D eigenvalue weighted by molar-refractivity contribution is -0.153. The molecule has 0 aromatic heterocycles. The second-order valence-electron chi connectivity index (χ2n) is 9.38. The number of methoxy groups -OCH3 is 1. The average molecular weight is 403 g/mol. The van der Waals surface area contributed by atoms with E-state index in [9.17, 15) is 9.59 Å². The number of likely N-dealkylation sites (tertiary alicyclic amines) is 1. The fourth-order valence-corrected chi connectivity index (χ4v) is 4.09. The quantitative estimate of drug-likeness (QED) is 0.500. The maximum atomic E-state index is 13.0. The van der Waals surface area contributed by atoms with E-state index in [0.29, 0.717) is 13.0 Å². The number of ether oxygens (including phenoxy) is 3. The first-order valence-electron chi connectivity index (χ1n) is 9.34. The van der Waals surface area contributed by atoms with Crippen LogP contribution in [0.15, 0.2) is 0 Å². The summed E-state index contributed by atoms with van der Waals surface area (Å²) >= 11 is 0. The summed E-state index contributed by atoms with van der Waals surface area (Å²) in [6, 6.07) is 0. The molecule has 1 heterocycles. The first-order valence-corrected chi connectivity index (χ1v) is 11.8. The molecule has 0 spiro atoms. The number of hydrogen-bond donors (Lipinski definition) is 0. The van der Waals surface area contributed by atoms with Gasteiger partial charge in [-0.2, -0.15) is 0 Å². The van der Waals surface area contributed by atoms with Crippen molar-refractivity contribution in [2.45, 2.75) is 72.4 Å². The molecule has 1 amide bonds. The molecule has 0 bridgehead atoms. The van der Waals surface area contributed by atoms with Crippen molar-refractivity contribution in [1.82, 2.24) is 4.90 Å². The summed E-state index contributed by atoms with van der Waals surface area (Å²) in [5, 5.41) is 0. The normalized spacial score (nSPS) is 23.6. The first kappa shape index (κ1) is 23.9. The predicted octanol–water partition coefficient (Wildman–Crippen LogP) is 3.44. The molecular formula is C19H36NO6Si. The fraction of sp³-hybridized carbons (Fsp3) is 0.895. The maximum Gasteiger partial charge on any atom is 0.412 e. The van der Waals surface area contributed by atoms with Crippen molar-refractivity contribution in [3.8, 4) is 0 Å². The highest BCUT2D eigenvalue weighted by atomic mass is 28.3. The molecule has 8 heteroatoms. The van der Waals surface area contributed by atoms with Gasteiger partial charge < -0.3 is 18.6 Å². The van der Waals surface area contributed by atoms with Crippen LogP contribution in [0.4, 0.5) is 4.79 Å². The van der Waals surface area contributed by atoms with E-state index in [1.807, 2.05) is 33.9 Å². The highest BCUT2D eigenvalue weighted by Gasteiger charge is 2.53. The van der Waals surface area contributed by atoms with Crippen molar-refractivity contribution < 1.29 is 28.2 Å². The van der Waals surface area contributed by atoms with Crippen LogP contribution in [0.1, 0.15) is 48.0 Å². The Morgan fingerprint density at radius 3 is 2.19 bits per heavy atom. The van der Waals surface area contributed by atoms with E-state index in [4.69, 9.17) is 13.9 Å². The van der Waals surface area contributed by atoms with Crippen molar-refractivity contribution in [3.63, 3.8) is 0 Å². The molecule has 157 valence electrons. The molecule has 1 fully saturated rings. The zero-order chi connectivity index (χ0) is 21.0. The minimum atomic E-state index is -1.15. The minimum absolute atomic E-state index is 0.0118. The number of rotatable bonds is 6. The largest absolute Gasteiger partial charge is 0.467 e. The van der Waals surface area contributed by atoms with Gasteiger partial charge in [0.25, 0.3) is 0 Å². The highest BCUT2D eigenvalue weighted by Crippen LogP contribution is 2.44. The number of carbonyl (C=O) groups is 2. The molecule has 0 saturated carbocycles. The van der Waals surface area contributed by atoms with Crippen molar-refractivity contribution in [1.29, 1.82) is 0 Å². The van der Waals surface area contributed by atoms with Crippen LogP contribution in [0.25, 0.3) is 0 Å². The highest BCUT2D eigenvalue weighted by molar-refractivity contribution is 6.48. The van der Waals surface area contributed by atoms with Crippen LogP contribution in [-0.4, -0.2) is 64.2 Å². The van der Waals surface area contributed by atoms with Crippen LogP contribution in [0.3, 0.4) is 0 Å². The second-order valence-corrected chi connectivity index (χ2v) is 11.4. The van der Waals surface area contributed by atoms with Gasteiger partial charge >= 0.3 is 12.1 Å². The van der Waals surface area contributed by atoms with E-state index >= 15 is 0 Å². The SMILES string of the molecule is COC(=O)COCC1(O[Si](C)C)CC(C(C)(C)C)CN1C(=O)OC(C)(C)C. The van der Waals surface area contributed by atoms with Crippen LogP contribution in [0, 0.1) is 11.3 Å². The monoisotopic (exact) mass is 402 g/mol. The zero-order valence-corrected chi connectivity index (χ0v) is 19.3. The Morgan fingerprint density at radius 2 is 1.74 bits per heavy atom. The summed E-state index contributed by atoms with van der Waals surface area (Å²) < 4.78 is 22.2. The Kier molecular flexibility index (Phi) is 7.90. The van der Waals surface area contributed by atoms with Crippen LogP contribution in [0.2, 0.25) is 13.1 Å². The van der Waals surface area contributed by atoms with Gasteiger partial charge in [-0.1, -0.05) is 20.8 Å². The third-order valence-corrected chi connectivity index (χ3v) is 5.26. The van der Waals surface area contributed by atoms with Gasteiger partial charge in [0.15, 0.2) is 5.72 Å². The summed E-state index contributed by atoms with van der Waals surface area (Å²) in [5.41, 5.74) is -1.56. The van der Waals surface area contributed by atoms with Crippen molar-refractivity contribution in [3.05, 3.63) is 0 Å². The number of nitrogens with zero attached hydrogens (tertiary/aromatic N) is 1. The Balaban J connectivity index is 3.15. The third kappa shape index (κ3) is 7.08. The molecule has 0 aliphatic carbocycles. The summed E-state index contributed by atoms with van der Waals surface area (Å²) in [7, 11) is 0.162. The molecule has 2 atom stereocenters. The molecule has 0 aromatic carbocycles. The van der Waals surface area contributed by atoms with E-state index in [1.165, 1.54) is 7.11 Å². The van der Waals surface area contributed by atoms with Gasteiger partial charge in [-0.25, -0.2) is 9.59 Å². The molecule has 1 saturated heterocycles. The van der Waals surface area contributed by atoms with Crippen molar-refractivity contribution in [2.24, 2.45) is 11.3 Å². The van der Waals surface area contributed by atoms with E-state index in [0.717, 1.165) is 0 Å². The number of carbonyl (C=O) groups excluding carboxylic acids is 2. The molecule has 1 radical (unpaired) electrons. The van der Waals surface area contributed by atoms with Gasteiger partial charge in [-0.3, -0.25) is 4.90 Å². The topological polar surface area (TPSA) is 74.3 Å². The van der Waals surface area contributed by atoms with E-state index in [-0.39, 0.29) is 24.5 Å². The van der Waals surface area contributed by atoms with Crippen LogP contribution < -0.4 is 0 Å². The van der Waals surface area contributed by atoms with Crippen molar-refractivity contribution >= 4 is 21.1 Å². The maximum absolute atomic E-state index is 13.0. The van der Waals surface area contributed by atoms with Gasteiger partial charge in [0.2, 0.25) is 9.04 Å². The Morgan fingerprint density at radius 1 is 1.15 bits per heavy atom. The lowest BCUT2D eigenvalue weighted by atomic mass is 9.79.